The van der Waals surface area contributed by atoms with E-state index in [1.165, 1.54) is 11.3 Å². The first-order chi connectivity index (χ1) is 15.6. The van der Waals surface area contributed by atoms with Gasteiger partial charge < -0.3 is 29.3 Å². The molecule has 0 aliphatic carbocycles. The van der Waals surface area contributed by atoms with Crippen LogP contribution in [0.1, 0.15) is 10.5 Å². The number of methoxy groups -OCH3 is 3. The quantitative estimate of drug-likeness (QED) is 0.581. The number of amides is 1. The van der Waals surface area contributed by atoms with Crippen molar-refractivity contribution in [3.8, 4) is 17.2 Å². The van der Waals surface area contributed by atoms with Crippen LogP contribution in [-0.4, -0.2) is 63.3 Å². The summed E-state index contributed by atoms with van der Waals surface area (Å²) >= 11 is 1.39. The molecule has 1 saturated heterocycles. The van der Waals surface area contributed by atoms with Crippen molar-refractivity contribution < 1.29 is 19.0 Å². The molecular formula is C23H26N4O4S. The van der Waals surface area contributed by atoms with E-state index in [0.29, 0.717) is 35.4 Å². The van der Waals surface area contributed by atoms with Crippen LogP contribution in [0, 0.1) is 0 Å². The van der Waals surface area contributed by atoms with Crippen molar-refractivity contribution >= 4 is 33.8 Å². The molecule has 2 heterocycles. The fraction of sp³-hybridized carbons (Fsp3) is 0.304. The van der Waals surface area contributed by atoms with Gasteiger partial charge in [-0.3, -0.25) is 4.79 Å². The Morgan fingerprint density at radius 3 is 2.44 bits per heavy atom. The van der Waals surface area contributed by atoms with Crippen molar-refractivity contribution in [3.05, 3.63) is 53.5 Å². The molecule has 4 rings (SSSR count). The van der Waals surface area contributed by atoms with Crippen LogP contribution in [0.3, 0.4) is 0 Å². The van der Waals surface area contributed by atoms with Crippen LogP contribution in [0.15, 0.2) is 47.8 Å². The zero-order valence-electron chi connectivity index (χ0n) is 18.3. The highest BCUT2D eigenvalue weighted by molar-refractivity contribution is 7.14. The molecular weight excluding hydrogens is 428 g/mol. The van der Waals surface area contributed by atoms with Gasteiger partial charge in [0.1, 0.15) is 22.9 Å². The van der Waals surface area contributed by atoms with Crippen LogP contribution >= 0.6 is 11.3 Å². The molecule has 9 heteroatoms. The Labute approximate surface area is 191 Å². The van der Waals surface area contributed by atoms with Crippen molar-refractivity contribution in [1.29, 1.82) is 0 Å². The molecule has 0 radical (unpaired) electrons. The number of piperazine rings is 1. The van der Waals surface area contributed by atoms with E-state index in [1.54, 1.807) is 32.8 Å². The molecule has 0 unspecified atom stereocenters. The second kappa shape index (κ2) is 9.78. The molecule has 1 aliphatic heterocycles. The lowest BCUT2D eigenvalue weighted by Gasteiger charge is -2.35. The first kappa shape index (κ1) is 21.8. The maximum Gasteiger partial charge on any atom is 0.273 e. The maximum atomic E-state index is 13.0. The summed E-state index contributed by atoms with van der Waals surface area (Å²) in [7, 11) is 4.87. The number of thiazole rings is 1. The number of carbonyl (C=O) groups excluding carboxylic acids is 1. The van der Waals surface area contributed by atoms with Crippen LogP contribution in [0.2, 0.25) is 0 Å². The summed E-state index contributed by atoms with van der Waals surface area (Å²) in [6.07, 6.45) is 0. The second-order valence-electron chi connectivity index (χ2n) is 7.21. The molecule has 0 bridgehead atoms. The third-order valence-corrected chi connectivity index (χ3v) is 6.12. The Morgan fingerprint density at radius 2 is 1.72 bits per heavy atom. The first-order valence-corrected chi connectivity index (χ1v) is 11.1. The number of aromatic nitrogens is 1. The summed E-state index contributed by atoms with van der Waals surface area (Å²) in [5.74, 6) is 2.12. The Bertz CT molecular complexity index is 1080. The Balaban J connectivity index is 1.38. The minimum atomic E-state index is -0.0544. The third kappa shape index (κ3) is 4.72. The molecule has 1 aliphatic rings. The Kier molecular flexibility index (Phi) is 6.65. The topological polar surface area (TPSA) is 76.2 Å². The van der Waals surface area contributed by atoms with Crippen molar-refractivity contribution in [3.63, 3.8) is 0 Å². The molecule has 1 fully saturated rings. The van der Waals surface area contributed by atoms with E-state index in [-0.39, 0.29) is 5.91 Å². The fourth-order valence-electron chi connectivity index (χ4n) is 3.58. The van der Waals surface area contributed by atoms with Gasteiger partial charge in [-0.15, -0.1) is 11.3 Å². The van der Waals surface area contributed by atoms with Gasteiger partial charge in [0.15, 0.2) is 5.13 Å². The molecule has 0 spiro atoms. The van der Waals surface area contributed by atoms with Gasteiger partial charge in [0.05, 0.1) is 27.0 Å². The minimum absolute atomic E-state index is 0.0544. The van der Waals surface area contributed by atoms with Gasteiger partial charge in [-0.1, -0.05) is 6.07 Å². The zero-order valence-corrected chi connectivity index (χ0v) is 19.1. The van der Waals surface area contributed by atoms with Gasteiger partial charge >= 0.3 is 0 Å². The van der Waals surface area contributed by atoms with Crippen LogP contribution in [0.25, 0.3) is 0 Å². The smallest absolute Gasteiger partial charge is 0.273 e. The van der Waals surface area contributed by atoms with Gasteiger partial charge in [-0.2, -0.15) is 0 Å². The van der Waals surface area contributed by atoms with Crippen LogP contribution in [0.5, 0.6) is 17.2 Å². The highest BCUT2D eigenvalue weighted by atomic mass is 32.1. The number of rotatable bonds is 7. The van der Waals surface area contributed by atoms with Crippen LogP contribution in [0.4, 0.5) is 16.5 Å². The number of hydrogen-bond donors (Lipinski definition) is 1. The minimum Gasteiger partial charge on any atom is -0.497 e. The van der Waals surface area contributed by atoms with Crippen molar-refractivity contribution in [2.75, 3.05) is 57.7 Å². The average Bonchev–Trinajstić information content (AvgIpc) is 3.32. The lowest BCUT2D eigenvalue weighted by molar-refractivity contribution is 0.0742. The number of anilines is 3. The maximum absolute atomic E-state index is 13.0. The van der Waals surface area contributed by atoms with E-state index in [9.17, 15) is 4.79 Å². The summed E-state index contributed by atoms with van der Waals surface area (Å²) in [5.41, 5.74) is 2.30. The molecule has 1 aromatic heterocycles. The molecule has 3 aromatic rings. The highest BCUT2D eigenvalue weighted by Crippen LogP contribution is 2.32. The molecule has 8 nitrogen and oxygen atoms in total. The predicted octanol–water partition coefficient (Wildman–Crippen LogP) is 3.87. The summed E-state index contributed by atoms with van der Waals surface area (Å²) in [5, 5.41) is 5.65. The molecule has 2 aromatic carbocycles. The fourth-order valence-corrected chi connectivity index (χ4v) is 4.28. The van der Waals surface area contributed by atoms with Crippen molar-refractivity contribution in [2.24, 2.45) is 0 Å². The van der Waals surface area contributed by atoms with E-state index in [1.807, 2.05) is 35.2 Å². The normalized spacial score (nSPS) is 13.6. The molecule has 0 saturated carbocycles. The SMILES string of the molecule is COc1cccc(N2CCN(C(=O)c3csc(Nc4ccc(OC)cc4OC)n3)CC2)c1. The second-order valence-corrected chi connectivity index (χ2v) is 8.07. The number of nitrogens with one attached hydrogen (secondary N) is 1. The van der Waals surface area contributed by atoms with Gasteiger partial charge in [-0.05, 0) is 24.3 Å². The van der Waals surface area contributed by atoms with E-state index >= 15 is 0 Å². The van der Waals surface area contributed by atoms with E-state index in [0.717, 1.165) is 30.2 Å². The van der Waals surface area contributed by atoms with Crippen molar-refractivity contribution in [2.45, 2.75) is 0 Å². The number of ether oxygens (including phenoxy) is 3. The third-order valence-electron chi connectivity index (χ3n) is 5.36. The van der Waals surface area contributed by atoms with Gasteiger partial charge in [0.25, 0.3) is 5.91 Å². The largest absolute Gasteiger partial charge is 0.497 e. The van der Waals surface area contributed by atoms with E-state index < -0.39 is 0 Å². The molecule has 1 amide bonds. The van der Waals surface area contributed by atoms with Gasteiger partial charge in [0.2, 0.25) is 0 Å². The van der Waals surface area contributed by atoms with E-state index in [4.69, 9.17) is 14.2 Å². The lowest BCUT2D eigenvalue weighted by Crippen LogP contribution is -2.48. The Hall–Kier alpha value is -3.46. The van der Waals surface area contributed by atoms with E-state index in [2.05, 4.69) is 21.3 Å². The Morgan fingerprint density at radius 1 is 0.969 bits per heavy atom. The zero-order chi connectivity index (χ0) is 22.5. The standard InChI is InChI=1S/C23H26N4O4S/c1-29-17-6-4-5-16(13-17)26-9-11-27(12-10-26)22(28)20-15-32-23(25-20)24-19-8-7-18(30-2)14-21(19)31-3/h4-8,13-15H,9-12H2,1-3H3,(H,24,25). The van der Waals surface area contributed by atoms with Crippen LogP contribution in [-0.2, 0) is 0 Å². The number of hydrogen-bond acceptors (Lipinski definition) is 8. The molecule has 32 heavy (non-hydrogen) atoms. The number of nitrogens with zero attached hydrogens (tertiary/aromatic N) is 3. The molecule has 168 valence electrons. The molecule has 0 atom stereocenters. The summed E-state index contributed by atoms with van der Waals surface area (Å²) in [4.78, 5) is 21.6. The van der Waals surface area contributed by atoms with Gasteiger partial charge in [-0.25, -0.2) is 4.98 Å². The highest BCUT2D eigenvalue weighted by Gasteiger charge is 2.24. The monoisotopic (exact) mass is 454 g/mol. The first-order valence-electron chi connectivity index (χ1n) is 10.2. The van der Waals surface area contributed by atoms with Crippen LogP contribution < -0.4 is 24.4 Å². The predicted molar refractivity (Wildman–Crippen MR) is 126 cm³/mol. The number of benzene rings is 2. The summed E-state index contributed by atoms with van der Waals surface area (Å²) < 4.78 is 16.0. The molecule has 1 N–H and O–H groups in total. The average molecular weight is 455 g/mol. The van der Waals surface area contributed by atoms with Crippen molar-refractivity contribution in [1.82, 2.24) is 9.88 Å². The van der Waals surface area contributed by atoms with Gasteiger partial charge in [0, 0.05) is 49.4 Å². The number of carbonyl (C=O) groups is 1. The lowest BCUT2D eigenvalue weighted by atomic mass is 10.2. The summed E-state index contributed by atoms with van der Waals surface area (Å²) in [6.45, 7) is 2.81. The summed E-state index contributed by atoms with van der Waals surface area (Å²) in [6, 6.07) is 13.5.